The lowest BCUT2D eigenvalue weighted by Gasteiger charge is -2.41. The van der Waals surface area contributed by atoms with Gasteiger partial charge in [0.05, 0.1) is 11.5 Å². The number of aliphatic hydroxyl groups is 1. The molecule has 0 radical (unpaired) electrons. The molecule has 42 heavy (non-hydrogen) atoms. The maximum Gasteiger partial charge on any atom is 0.268 e. The van der Waals surface area contributed by atoms with E-state index in [4.69, 9.17) is 12.2 Å². The van der Waals surface area contributed by atoms with Gasteiger partial charge in [-0.05, 0) is 67.7 Å². The number of nitrogens with one attached hydrogen (secondary N) is 1. The smallest absolute Gasteiger partial charge is 0.268 e. The first-order valence-corrected chi connectivity index (χ1v) is 14.3. The molecular formula is C33H40F2N4O3. The molecule has 0 saturated carbocycles. The Labute approximate surface area is 246 Å². The van der Waals surface area contributed by atoms with Gasteiger partial charge < -0.3 is 21.1 Å². The number of allylic oxidation sites excluding steroid dienone is 1. The van der Waals surface area contributed by atoms with E-state index in [1.54, 1.807) is 17.9 Å². The van der Waals surface area contributed by atoms with E-state index < -0.39 is 35.0 Å². The molecule has 4 N–H and O–H groups in total. The second kappa shape index (κ2) is 14.9. The Morgan fingerprint density at radius 3 is 2.40 bits per heavy atom. The van der Waals surface area contributed by atoms with Crippen LogP contribution in [-0.4, -0.2) is 53.3 Å². The Bertz CT molecular complexity index is 1360. The summed E-state index contributed by atoms with van der Waals surface area (Å²) < 4.78 is 28.4. The summed E-state index contributed by atoms with van der Waals surface area (Å²) in [5, 5.41) is 14.8. The van der Waals surface area contributed by atoms with Crippen LogP contribution in [0.25, 0.3) is 0 Å². The third kappa shape index (κ3) is 8.11. The molecule has 2 aromatic carbocycles. The number of primary amides is 1. The van der Waals surface area contributed by atoms with Crippen LogP contribution in [0.15, 0.2) is 59.2 Å². The molecule has 9 heteroatoms. The van der Waals surface area contributed by atoms with Crippen molar-refractivity contribution in [3.05, 3.63) is 82.6 Å². The molecule has 0 spiro atoms. The Balaban J connectivity index is 1.98. The number of carbonyl (C=O) groups excluding carboxylic acids is 2. The summed E-state index contributed by atoms with van der Waals surface area (Å²) in [6.45, 7) is 7.06. The number of hydrogen-bond donors (Lipinski definition) is 3. The Morgan fingerprint density at radius 1 is 1.14 bits per heavy atom. The molecule has 3 rings (SSSR count). The van der Waals surface area contributed by atoms with Gasteiger partial charge in [0.25, 0.3) is 5.91 Å². The molecule has 1 unspecified atom stereocenters. The second-order valence-corrected chi connectivity index (χ2v) is 10.8. The van der Waals surface area contributed by atoms with Gasteiger partial charge in [-0.1, -0.05) is 31.9 Å². The molecule has 0 aliphatic carbocycles. The fourth-order valence-electron chi connectivity index (χ4n) is 5.65. The van der Waals surface area contributed by atoms with Gasteiger partial charge in [0.15, 0.2) is 0 Å². The topological polar surface area (TPSA) is 108 Å². The Morgan fingerprint density at radius 2 is 1.81 bits per heavy atom. The van der Waals surface area contributed by atoms with Crippen LogP contribution in [0.5, 0.6) is 0 Å². The molecule has 3 atom stereocenters. The summed E-state index contributed by atoms with van der Waals surface area (Å²) in [6.07, 6.45) is 7.16. The van der Waals surface area contributed by atoms with Crippen LogP contribution in [0.1, 0.15) is 56.7 Å². The zero-order valence-corrected chi connectivity index (χ0v) is 24.5. The van der Waals surface area contributed by atoms with Crippen LogP contribution in [-0.2, 0) is 22.6 Å². The highest BCUT2D eigenvalue weighted by Gasteiger charge is 2.49. The van der Waals surface area contributed by atoms with Gasteiger partial charge in [-0.15, -0.1) is 6.42 Å². The number of nitrogens with two attached hydrogens (primary N) is 1. The lowest BCUT2D eigenvalue weighted by atomic mass is 9.65. The third-order valence-electron chi connectivity index (χ3n) is 7.50. The zero-order valence-electron chi connectivity index (χ0n) is 24.5. The number of hydrogen-bond acceptors (Lipinski definition) is 5. The van der Waals surface area contributed by atoms with Gasteiger partial charge in [0.1, 0.15) is 17.3 Å². The molecule has 1 aliphatic rings. The first-order chi connectivity index (χ1) is 20.0. The summed E-state index contributed by atoms with van der Waals surface area (Å²) >= 11 is 0. The second-order valence-electron chi connectivity index (χ2n) is 10.8. The molecule has 1 aliphatic heterocycles. The van der Waals surface area contributed by atoms with E-state index in [0.29, 0.717) is 30.9 Å². The lowest BCUT2D eigenvalue weighted by molar-refractivity contribution is -0.130. The largest absolute Gasteiger partial charge is 0.391 e. The highest BCUT2D eigenvalue weighted by molar-refractivity contribution is 6.39. The van der Waals surface area contributed by atoms with Crippen molar-refractivity contribution in [1.29, 1.82) is 0 Å². The predicted octanol–water partition coefficient (Wildman–Crippen LogP) is 4.12. The maximum absolute atomic E-state index is 14.2. The number of carbonyl (C=O) groups is 2. The van der Waals surface area contributed by atoms with Crippen LogP contribution < -0.4 is 11.1 Å². The average molecular weight is 579 g/mol. The minimum Gasteiger partial charge on any atom is -0.391 e. The van der Waals surface area contributed by atoms with Gasteiger partial charge in [-0.25, -0.2) is 8.78 Å². The highest BCUT2D eigenvalue weighted by atomic mass is 19.1. The van der Waals surface area contributed by atoms with Crippen molar-refractivity contribution in [3.8, 4) is 12.3 Å². The summed E-state index contributed by atoms with van der Waals surface area (Å²) in [6, 6.07) is 10.5. The van der Waals surface area contributed by atoms with E-state index in [1.165, 1.54) is 12.1 Å². The fraction of sp³-hybridized carbons (Fsp3) is 0.424. The highest BCUT2D eigenvalue weighted by Crippen LogP contribution is 2.42. The van der Waals surface area contributed by atoms with Crippen molar-refractivity contribution in [1.82, 2.24) is 10.2 Å². The molecule has 1 heterocycles. The van der Waals surface area contributed by atoms with Crippen molar-refractivity contribution in [2.45, 2.75) is 59.1 Å². The van der Waals surface area contributed by atoms with Gasteiger partial charge >= 0.3 is 0 Å². The number of aliphatic imine (C=N–C) groups is 1. The van der Waals surface area contributed by atoms with Crippen molar-refractivity contribution >= 4 is 17.5 Å². The molecule has 7 nitrogen and oxygen atoms in total. The summed E-state index contributed by atoms with van der Waals surface area (Å²) in [5.74, 6) is -0.975. The van der Waals surface area contributed by atoms with Crippen molar-refractivity contribution in [2.75, 3.05) is 19.6 Å². The molecule has 0 aromatic heterocycles. The molecule has 0 bridgehead atoms. The molecule has 224 valence electrons. The van der Waals surface area contributed by atoms with Crippen LogP contribution in [0.2, 0.25) is 0 Å². The normalized spacial score (nSPS) is 17.9. The van der Waals surface area contributed by atoms with Gasteiger partial charge in [0, 0.05) is 55.8 Å². The van der Waals surface area contributed by atoms with Crippen LogP contribution in [0, 0.1) is 35.3 Å². The number of aliphatic hydroxyl groups excluding tert-OH is 1. The number of halogens is 2. The van der Waals surface area contributed by atoms with E-state index in [0.717, 1.165) is 24.5 Å². The van der Waals surface area contributed by atoms with Crippen LogP contribution in [0.4, 0.5) is 8.78 Å². The number of benzene rings is 2. The molecule has 2 amide bonds. The Hall–Kier alpha value is -3.87. The molecule has 0 saturated heterocycles. The van der Waals surface area contributed by atoms with Gasteiger partial charge in [0.2, 0.25) is 5.91 Å². The number of terminal acetylenes is 1. The minimum atomic E-state index is -1.55. The zero-order chi connectivity index (χ0) is 30.9. The van der Waals surface area contributed by atoms with Crippen molar-refractivity contribution in [3.63, 3.8) is 0 Å². The number of rotatable bonds is 14. The first kappa shape index (κ1) is 32.6. The van der Waals surface area contributed by atoms with E-state index in [2.05, 4.69) is 16.2 Å². The molecule has 2 aromatic rings. The van der Waals surface area contributed by atoms with Crippen molar-refractivity contribution < 1.29 is 23.5 Å². The maximum atomic E-state index is 14.2. The van der Waals surface area contributed by atoms with Gasteiger partial charge in [-0.2, -0.15) is 0 Å². The van der Waals surface area contributed by atoms with Crippen LogP contribution >= 0.6 is 0 Å². The third-order valence-corrected chi connectivity index (χ3v) is 7.50. The minimum absolute atomic E-state index is 0.0306. The standard InChI is InChI=1S/C33H40F2N4O3/c1-5-11-39(12-6-2)31(41)29-19-33(32(36)42,18-22(4)38-29)28(16-25-14-26(34)17-27(35)15-25)30(40)21-37-20-24-10-8-9-23(7-3)13-24/h3,8-10,13-15,17-18,28,30,37,40H,5-6,11-12,16,19-21H2,1-2,4H3,(H2,36,42)/t28-,30+,33?/m1/s1. The number of amides is 2. The van der Waals surface area contributed by atoms with E-state index in [-0.39, 0.29) is 36.6 Å². The van der Waals surface area contributed by atoms with Crippen LogP contribution in [0.3, 0.4) is 0 Å². The lowest BCUT2D eigenvalue weighted by Crippen LogP contribution is -2.53. The quantitative estimate of drug-likeness (QED) is 0.293. The van der Waals surface area contributed by atoms with E-state index in [1.807, 2.05) is 38.1 Å². The molecular weight excluding hydrogens is 538 g/mol. The summed E-state index contributed by atoms with van der Waals surface area (Å²) in [7, 11) is 0. The number of nitrogens with zero attached hydrogens (tertiary/aromatic N) is 2. The van der Waals surface area contributed by atoms with Crippen molar-refractivity contribution in [2.24, 2.45) is 22.1 Å². The predicted molar refractivity (Wildman–Crippen MR) is 160 cm³/mol. The van der Waals surface area contributed by atoms with E-state index >= 15 is 0 Å². The fourth-order valence-corrected chi connectivity index (χ4v) is 5.65. The SMILES string of the molecule is C#Cc1cccc(CNC[C@H](O)[C@@H](Cc2cc(F)cc(F)c2)C2(C(N)=O)C=C(C)N=C(C(=O)N(CCC)CCC)C2)c1. The molecule has 0 fully saturated rings. The summed E-state index contributed by atoms with van der Waals surface area (Å²) in [4.78, 5) is 33.1. The average Bonchev–Trinajstić information content (AvgIpc) is 2.94. The van der Waals surface area contributed by atoms with E-state index in [9.17, 15) is 23.5 Å². The Kier molecular flexibility index (Phi) is 11.5. The van der Waals surface area contributed by atoms with Gasteiger partial charge in [-0.3, -0.25) is 14.6 Å². The summed E-state index contributed by atoms with van der Waals surface area (Å²) in [5.41, 5.74) is 6.94. The monoisotopic (exact) mass is 578 g/mol. The first-order valence-electron chi connectivity index (χ1n) is 14.3.